The minimum Gasteiger partial charge on any atom is -0.494 e. The zero-order valence-corrected chi connectivity index (χ0v) is 11.0. The molecule has 1 unspecified atom stereocenters. The third-order valence-electron chi connectivity index (χ3n) is 2.18. The van der Waals surface area contributed by atoms with Crippen molar-refractivity contribution >= 4 is 17.7 Å². The summed E-state index contributed by atoms with van der Waals surface area (Å²) in [4.78, 5) is 24.9. The third kappa shape index (κ3) is 4.42. The minimum atomic E-state index is -1.02. The number of hydrogen-bond acceptors (Lipinski definition) is 5. The van der Waals surface area contributed by atoms with E-state index in [4.69, 9.17) is 5.11 Å². The van der Waals surface area contributed by atoms with Crippen molar-refractivity contribution in [2.75, 3.05) is 18.6 Å². The van der Waals surface area contributed by atoms with Gasteiger partial charge in [0.25, 0.3) is 11.5 Å². The molecule has 0 saturated heterocycles. The zero-order valence-electron chi connectivity index (χ0n) is 10.2. The van der Waals surface area contributed by atoms with Gasteiger partial charge in [-0.15, -0.1) is 0 Å². The molecule has 0 spiro atoms. The molecular weight excluding hydrogens is 256 g/mol. The Kier molecular flexibility index (Phi) is 4.80. The van der Waals surface area contributed by atoms with Crippen molar-refractivity contribution in [1.82, 2.24) is 10.3 Å². The highest BCUT2D eigenvalue weighted by molar-refractivity contribution is 7.98. The molecule has 0 aromatic carbocycles. The van der Waals surface area contributed by atoms with Crippen LogP contribution in [0.2, 0.25) is 0 Å². The fourth-order valence-electron chi connectivity index (χ4n) is 1.39. The molecule has 0 fully saturated rings. The summed E-state index contributed by atoms with van der Waals surface area (Å²) < 4.78 is 0. The highest BCUT2D eigenvalue weighted by atomic mass is 32.2. The molecule has 1 rings (SSSR count). The van der Waals surface area contributed by atoms with Crippen molar-refractivity contribution in [2.24, 2.45) is 0 Å². The standard InChI is InChI=1S/C11H16N2O4S/c1-11(17,6-18-2)5-12-10(16)7-3-8(14)13-9(15)4-7/h3-4,17H,5-6H2,1-2H3,(H,12,16)(H2,13,14,15). The van der Waals surface area contributed by atoms with Gasteiger partial charge in [-0.25, -0.2) is 0 Å². The first-order chi connectivity index (χ1) is 8.34. The van der Waals surface area contributed by atoms with Crippen LogP contribution in [0.15, 0.2) is 16.9 Å². The number of carbonyl (C=O) groups is 1. The summed E-state index contributed by atoms with van der Waals surface area (Å²) >= 11 is 1.46. The van der Waals surface area contributed by atoms with Crippen LogP contribution < -0.4 is 10.9 Å². The van der Waals surface area contributed by atoms with Gasteiger partial charge < -0.3 is 15.5 Å². The lowest BCUT2D eigenvalue weighted by atomic mass is 10.1. The third-order valence-corrected chi connectivity index (χ3v) is 3.09. The van der Waals surface area contributed by atoms with Crippen LogP contribution in [0.1, 0.15) is 17.3 Å². The first-order valence-corrected chi connectivity index (χ1v) is 6.66. The van der Waals surface area contributed by atoms with Gasteiger partial charge in [-0.1, -0.05) is 0 Å². The number of amides is 1. The van der Waals surface area contributed by atoms with Crippen LogP contribution in [0, 0.1) is 0 Å². The molecule has 18 heavy (non-hydrogen) atoms. The van der Waals surface area contributed by atoms with Crippen LogP contribution in [0.3, 0.4) is 0 Å². The van der Waals surface area contributed by atoms with E-state index in [9.17, 15) is 14.7 Å². The molecule has 4 N–H and O–H groups in total. The molecule has 1 heterocycles. The van der Waals surface area contributed by atoms with Crippen molar-refractivity contribution in [2.45, 2.75) is 12.5 Å². The number of aliphatic hydroxyl groups is 1. The molecule has 6 nitrogen and oxygen atoms in total. The molecule has 1 aromatic rings. The van der Waals surface area contributed by atoms with Gasteiger partial charge >= 0.3 is 0 Å². The number of aromatic hydroxyl groups is 1. The highest BCUT2D eigenvalue weighted by Gasteiger charge is 2.21. The number of hydrogen-bond donors (Lipinski definition) is 4. The zero-order chi connectivity index (χ0) is 13.8. The van der Waals surface area contributed by atoms with Crippen molar-refractivity contribution < 1.29 is 15.0 Å². The molecule has 0 aliphatic rings. The van der Waals surface area contributed by atoms with E-state index in [0.29, 0.717) is 5.75 Å². The maximum Gasteiger partial charge on any atom is 0.251 e. The normalized spacial score (nSPS) is 13.9. The molecule has 7 heteroatoms. The summed E-state index contributed by atoms with van der Waals surface area (Å²) in [6.07, 6.45) is 1.85. The summed E-state index contributed by atoms with van der Waals surface area (Å²) in [5.74, 6) is -0.408. The molecule has 1 amide bonds. The van der Waals surface area contributed by atoms with E-state index in [0.717, 1.165) is 12.1 Å². The van der Waals surface area contributed by atoms with Crippen LogP contribution in [-0.4, -0.2) is 45.3 Å². The number of aromatic nitrogens is 1. The number of thioether (sulfide) groups is 1. The van der Waals surface area contributed by atoms with Crippen LogP contribution in [0.5, 0.6) is 5.88 Å². The monoisotopic (exact) mass is 272 g/mol. The van der Waals surface area contributed by atoms with Gasteiger partial charge in [-0.2, -0.15) is 11.8 Å². The summed E-state index contributed by atoms with van der Waals surface area (Å²) in [7, 11) is 0. The maximum atomic E-state index is 11.7. The minimum absolute atomic E-state index is 0.0520. The second kappa shape index (κ2) is 5.92. The van der Waals surface area contributed by atoms with Gasteiger partial charge in [-0.05, 0) is 13.2 Å². The molecule has 0 radical (unpaired) electrons. The van der Waals surface area contributed by atoms with Crippen molar-refractivity contribution in [3.63, 3.8) is 0 Å². The molecule has 100 valence electrons. The number of pyridine rings is 1. The second-order valence-corrected chi connectivity index (χ2v) is 5.10. The Bertz CT molecular complexity index is 484. The van der Waals surface area contributed by atoms with Gasteiger partial charge in [0.2, 0.25) is 0 Å². The number of nitrogens with one attached hydrogen (secondary N) is 2. The Morgan fingerprint density at radius 1 is 1.56 bits per heavy atom. The lowest BCUT2D eigenvalue weighted by molar-refractivity contribution is 0.0725. The van der Waals surface area contributed by atoms with Crippen LogP contribution in [0.25, 0.3) is 0 Å². The smallest absolute Gasteiger partial charge is 0.251 e. The number of rotatable bonds is 5. The van der Waals surface area contributed by atoms with Crippen LogP contribution in [-0.2, 0) is 0 Å². The summed E-state index contributed by atoms with van der Waals surface area (Å²) in [5.41, 5.74) is -1.52. The molecule has 0 aliphatic carbocycles. The molecule has 0 saturated carbocycles. The predicted octanol–water partition coefficient (Wildman–Crippen LogP) is -0.0757. The quantitative estimate of drug-likeness (QED) is 0.600. The van der Waals surface area contributed by atoms with Crippen molar-refractivity contribution in [3.05, 3.63) is 28.0 Å². The topological polar surface area (TPSA) is 102 Å². The SMILES string of the molecule is CSCC(C)(O)CNC(=O)c1cc(O)[nH]c(=O)c1. The Balaban J connectivity index is 2.69. The maximum absolute atomic E-state index is 11.7. The van der Waals surface area contributed by atoms with Crippen LogP contribution >= 0.6 is 11.8 Å². The van der Waals surface area contributed by atoms with E-state index in [1.807, 2.05) is 6.26 Å². The van der Waals surface area contributed by atoms with E-state index < -0.39 is 17.1 Å². The highest BCUT2D eigenvalue weighted by Crippen LogP contribution is 2.10. The Labute approximate surface area is 108 Å². The fraction of sp³-hybridized carbons (Fsp3) is 0.455. The Hall–Kier alpha value is -1.47. The van der Waals surface area contributed by atoms with Crippen LogP contribution in [0.4, 0.5) is 0 Å². The molecule has 1 aromatic heterocycles. The Morgan fingerprint density at radius 2 is 2.22 bits per heavy atom. The van der Waals surface area contributed by atoms with Gasteiger partial charge in [0.05, 0.1) is 11.2 Å². The van der Waals surface area contributed by atoms with Gasteiger partial charge in [-0.3, -0.25) is 14.6 Å². The lowest BCUT2D eigenvalue weighted by Crippen LogP contribution is -2.42. The van der Waals surface area contributed by atoms with E-state index >= 15 is 0 Å². The summed E-state index contributed by atoms with van der Waals surface area (Å²) in [5, 5.41) is 21.5. The number of H-pyrrole nitrogens is 1. The summed E-state index contributed by atoms with van der Waals surface area (Å²) in [6, 6.07) is 2.23. The van der Waals surface area contributed by atoms with Gasteiger partial charge in [0.15, 0.2) is 5.88 Å². The van der Waals surface area contributed by atoms with Gasteiger partial charge in [0.1, 0.15) is 0 Å². The van der Waals surface area contributed by atoms with Crippen molar-refractivity contribution in [3.8, 4) is 5.88 Å². The average Bonchev–Trinajstić information content (AvgIpc) is 2.24. The van der Waals surface area contributed by atoms with E-state index in [1.165, 1.54) is 11.8 Å². The van der Waals surface area contributed by atoms with Crippen molar-refractivity contribution in [1.29, 1.82) is 0 Å². The summed E-state index contributed by atoms with van der Waals surface area (Å²) in [6.45, 7) is 1.68. The van der Waals surface area contributed by atoms with E-state index in [-0.39, 0.29) is 18.0 Å². The molecular formula is C11H16N2O4S. The molecule has 0 bridgehead atoms. The molecule has 0 aliphatic heterocycles. The average molecular weight is 272 g/mol. The lowest BCUT2D eigenvalue weighted by Gasteiger charge is -2.22. The number of carbonyl (C=O) groups excluding carboxylic acids is 1. The fourth-order valence-corrected chi connectivity index (χ4v) is 2.12. The van der Waals surface area contributed by atoms with E-state index in [2.05, 4.69) is 10.3 Å². The predicted molar refractivity (Wildman–Crippen MR) is 70.1 cm³/mol. The van der Waals surface area contributed by atoms with Gasteiger partial charge in [0, 0.05) is 24.4 Å². The largest absolute Gasteiger partial charge is 0.494 e. The molecule has 1 atom stereocenters. The number of aromatic amines is 1. The first-order valence-electron chi connectivity index (χ1n) is 5.27. The second-order valence-electron chi connectivity index (χ2n) is 4.23. The van der Waals surface area contributed by atoms with E-state index in [1.54, 1.807) is 6.92 Å². The Morgan fingerprint density at radius 3 is 2.78 bits per heavy atom. The first kappa shape index (κ1) is 14.6.